The SMILES string of the molecule is C/C=C\C1=CC(OCCCCN2CCOCC2)=C(CI)CC1C. The maximum absolute atomic E-state index is 6.12. The molecular weight excluding hydrogens is 401 g/mol. The zero-order valence-corrected chi connectivity index (χ0v) is 16.7. The summed E-state index contributed by atoms with van der Waals surface area (Å²) in [6.07, 6.45) is 10.0. The number of rotatable bonds is 8. The molecule has 1 unspecified atom stereocenters. The summed E-state index contributed by atoms with van der Waals surface area (Å²) >= 11 is 2.45. The molecule has 0 aromatic rings. The molecular formula is C19H30INO2. The Morgan fingerprint density at radius 2 is 2.13 bits per heavy atom. The molecule has 2 aliphatic rings. The monoisotopic (exact) mass is 431 g/mol. The number of alkyl halides is 1. The maximum atomic E-state index is 6.12. The molecule has 0 spiro atoms. The zero-order chi connectivity index (χ0) is 16.5. The van der Waals surface area contributed by atoms with Crippen LogP contribution in [0.3, 0.4) is 0 Å². The molecule has 0 N–H and O–H groups in total. The van der Waals surface area contributed by atoms with Gasteiger partial charge in [-0.15, -0.1) is 0 Å². The van der Waals surface area contributed by atoms with Gasteiger partial charge in [-0.25, -0.2) is 0 Å². The topological polar surface area (TPSA) is 21.7 Å². The van der Waals surface area contributed by atoms with Crippen molar-refractivity contribution >= 4 is 22.6 Å². The van der Waals surface area contributed by atoms with E-state index >= 15 is 0 Å². The Hall–Kier alpha value is -0.330. The van der Waals surface area contributed by atoms with Crippen LogP contribution in [0.15, 0.2) is 35.1 Å². The second-order valence-corrected chi connectivity index (χ2v) is 7.12. The third-order valence-corrected chi connectivity index (χ3v) is 5.44. The molecule has 0 bridgehead atoms. The average molecular weight is 431 g/mol. The molecule has 2 rings (SSSR count). The van der Waals surface area contributed by atoms with E-state index in [9.17, 15) is 0 Å². The molecule has 0 radical (unpaired) electrons. The van der Waals surface area contributed by atoms with E-state index in [1.54, 1.807) is 0 Å². The van der Waals surface area contributed by atoms with Gasteiger partial charge in [0.25, 0.3) is 0 Å². The fraction of sp³-hybridized carbons (Fsp3) is 0.684. The standard InChI is InChI=1S/C19H30INO2/c1-3-6-17-14-19(18(15-20)13-16(17)2)23-10-5-4-7-21-8-11-22-12-9-21/h3,6,14,16H,4-5,7-13,15H2,1-2H3/b6-3-. The van der Waals surface area contributed by atoms with Crippen molar-refractivity contribution in [2.75, 3.05) is 43.9 Å². The molecule has 23 heavy (non-hydrogen) atoms. The lowest BCUT2D eigenvalue weighted by Gasteiger charge is -2.26. The van der Waals surface area contributed by atoms with E-state index in [-0.39, 0.29) is 0 Å². The fourth-order valence-corrected chi connectivity index (χ4v) is 3.78. The summed E-state index contributed by atoms with van der Waals surface area (Å²) in [4.78, 5) is 2.49. The van der Waals surface area contributed by atoms with Crippen LogP contribution in [0.4, 0.5) is 0 Å². The fourth-order valence-electron chi connectivity index (χ4n) is 3.10. The number of nitrogens with zero attached hydrogens (tertiary/aromatic N) is 1. The van der Waals surface area contributed by atoms with E-state index in [1.165, 1.54) is 24.1 Å². The van der Waals surface area contributed by atoms with Gasteiger partial charge in [-0.05, 0) is 55.9 Å². The minimum atomic E-state index is 0.602. The molecule has 130 valence electrons. The summed E-state index contributed by atoms with van der Waals surface area (Å²) in [5.74, 6) is 1.72. The highest BCUT2D eigenvalue weighted by Gasteiger charge is 2.18. The first-order valence-electron chi connectivity index (χ1n) is 8.79. The first kappa shape index (κ1) is 19.0. The second kappa shape index (κ2) is 10.5. The van der Waals surface area contributed by atoms with Crippen LogP contribution in [-0.2, 0) is 9.47 Å². The third kappa shape index (κ3) is 6.24. The van der Waals surface area contributed by atoms with Gasteiger partial charge < -0.3 is 9.47 Å². The van der Waals surface area contributed by atoms with Crippen molar-refractivity contribution in [2.45, 2.75) is 33.1 Å². The number of halogens is 1. The van der Waals surface area contributed by atoms with Crippen LogP contribution in [0.5, 0.6) is 0 Å². The van der Waals surface area contributed by atoms with Gasteiger partial charge in [-0.1, -0.05) is 41.7 Å². The van der Waals surface area contributed by atoms with Crippen molar-refractivity contribution in [2.24, 2.45) is 5.92 Å². The van der Waals surface area contributed by atoms with Crippen molar-refractivity contribution < 1.29 is 9.47 Å². The van der Waals surface area contributed by atoms with E-state index in [0.717, 1.165) is 55.9 Å². The summed E-state index contributed by atoms with van der Waals surface area (Å²) in [6.45, 7) is 10.3. The van der Waals surface area contributed by atoms with Gasteiger partial charge in [0.1, 0.15) is 5.76 Å². The molecule has 4 heteroatoms. The number of hydrogen-bond acceptors (Lipinski definition) is 3. The summed E-state index contributed by atoms with van der Waals surface area (Å²) < 4.78 is 12.6. The molecule has 3 nitrogen and oxygen atoms in total. The molecule has 1 saturated heterocycles. The first-order valence-corrected chi connectivity index (χ1v) is 10.3. The molecule has 0 aromatic carbocycles. The highest BCUT2D eigenvalue weighted by atomic mass is 127. The Balaban J connectivity index is 1.76. The van der Waals surface area contributed by atoms with Crippen LogP contribution in [-0.4, -0.2) is 48.8 Å². The van der Waals surface area contributed by atoms with Crippen LogP contribution in [0.25, 0.3) is 0 Å². The smallest absolute Gasteiger partial charge is 0.119 e. The minimum Gasteiger partial charge on any atom is -0.494 e. The Bertz CT molecular complexity index is 450. The number of morpholine rings is 1. The molecule has 1 heterocycles. The van der Waals surface area contributed by atoms with Gasteiger partial charge in [-0.2, -0.15) is 0 Å². The van der Waals surface area contributed by atoms with E-state index in [1.807, 2.05) is 0 Å². The molecule has 1 fully saturated rings. The Labute approximate surface area is 154 Å². The normalized spacial score (nSPS) is 23.4. The average Bonchev–Trinajstić information content (AvgIpc) is 2.58. The molecule has 0 aromatic heterocycles. The number of allylic oxidation sites excluding steroid dienone is 5. The van der Waals surface area contributed by atoms with Crippen molar-refractivity contribution in [3.05, 3.63) is 35.1 Å². The lowest BCUT2D eigenvalue weighted by atomic mass is 9.88. The predicted octanol–water partition coefficient (Wildman–Crippen LogP) is 4.35. The van der Waals surface area contributed by atoms with Crippen LogP contribution >= 0.6 is 22.6 Å². The number of ether oxygens (including phenoxy) is 2. The van der Waals surface area contributed by atoms with Crippen LogP contribution < -0.4 is 0 Å². The summed E-state index contributed by atoms with van der Waals surface area (Å²) in [5, 5.41) is 0. The third-order valence-electron chi connectivity index (χ3n) is 4.52. The molecule has 1 aliphatic carbocycles. The Morgan fingerprint density at radius 3 is 2.83 bits per heavy atom. The Kier molecular flexibility index (Phi) is 8.69. The van der Waals surface area contributed by atoms with E-state index in [4.69, 9.17) is 9.47 Å². The minimum absolute atomic E-state index is 0.602. The van der Waals surface area contributed by atoms with Crippen LogP contribution in [0.2, 0.25) is 0 Å². The predicted molar refractivity (Wildman–Crippen MR) is 105 cm³/mol. The summed E-state index contributed by atoms with van der Waals surface area (Å²) in [5.41, 5.74) is 2.85. The van der Waals surface area contributed by atoms with E-state index < -0.39 is 0 Å². The van der Waals surface area contributed by atoms with E-state index in [0.29, 0.717) is 5.92 Å². The van der Waals surface area contributed by atoms with Gasteiger partial charge in [0.15, 0.2) is 0 Å². The quantitative estimate of drug-likeness (QED) is 0.324. The van der Waals surface area contributed by atoms with E-state index in [2.05, 4.69) is 59.6 Å². The van der Waals surface area contributed by atoms with Crippen LogP contribution in [0.1, 0.15) is 33.1 Å². The lowest BCUT2D eigenvalue weighted by molar-refractivity contribution is 0.0364. The molecule has 0 amide bonds. The van der Waals surface area contributed by atoms with Gasteiger partial charge >= 0.3 is 0 Å². The summed E-state index contributed by atoms with van der Waals surface area (Å²) in [7, 11) is 0. The lowest BCUT2D eigenvalue weighted by Crippen LogP contribution is -2.36. The van der Waals surface area contributed by atoms with Gasteiger partial charge in [0.2, 0.25) is 0 Å². The van der Waals surface area contributed by atoms with Gasteiger partial charge in [-0.3, -0.25) is 4.90 Å². The van der Waals surface area contributed by atoms with Crippen molar-refractivity contribution in [3.8, 4) is 0 Å². The number of hydrogen-bond donors (Lipinski definition) is 0. The van der Waals surface area contributed by atoms with Crippen molar-refractivity contribution in [1.29, 1.82) is 0 Å². The maximum Gasteiger partial charge on any atom is 0.119 e. The van der Waals surface area contributed by atoms with Crippen LogP contribution in [0, 0.1) is 5.92 Å². The van der Waals surface area contributed by atoms with Gasteiger partial charge in [0.05, 0.1) is 19.8 Å². The first-order chi connectivity index (χ1) is 11.2. The second-order valence-electron chi connectivity index (χ2n) is 6.36. The molecule has 1 atom stereocenters. The molecule has 0 saturated carbocycles. The highest BCUT2D eigenvalue weighted by Crippen LogP contribution is 2.31. The Morgan fingerprint density at radius 1 is 1.35 bits per heavy atom. The van der Waals surface area contributed by atoms with Crippen molar-refractivity contribution in [3.63, 3.8) is 0 Å². The molecule has 1 aliphatic heterocycles. The number of unbranched alkanes of at least 4 members (excludes halogenated alkanes) is 1. The largest absolute Gasteiger partial charge is 0.494 e. The summed E-state index contributed by atoms with van der Waals surface area (Å²) in [6, 6.07) is 0. The van der Waals surface area contributed by atoms with Crippen molar-refractivity contribution in [1.82, 2.24) is 4.90 Å². The zero-order valence-electron chi connectivity index (χ0n) is 14.5. The van der Waals surface area contributed by atoms with Gasteiger partial charge in [0, 0.05) is 17.5 Å². The highest BCUT2D eigenvalue weighted by molar-refractivity contribution is 14.1.